The lowest BCUT2D eigenvalue weighted by molar-refractivity contribution is 0.403. The number of hydrogen-bond acceptors (Lipinski definition) is 6. The number of nitrogens with zero attached hydrogens (tertiary/aromatic N) is 1. The molecule has 0 radical (unpaired) electrons. The van der Waals surface area contributed by atoms with E-state index in [1.807, 2.05) is 0 Å². The van der Waals surface area contributed by atoms with E-state index in [0.29, 0.717) is 11.3 Å². The van der Waals surface area contributed by atoms with Gasteiger partial charge in [-0.2, -0.15) is 0 Å². The minimum absolute atomic E-state index is 0.553. The Labute approximate surface area is 107 Å². The molecular weight excluding hydrogens is 254 g/mol. The molecule has 0 saturated heterocycles. The van der Waals surface area contributed by atoms with E-state index in [9.17, 15) is 8.42 Å². The Morgan fingerprint density at radius 1 is 1.44 bits per heavy atom. The minimum Gasteiger partial charge on any atom is -0.495 e. The second kappa shape index (κ2) is 5.21. The number of ether oxygens (including phenoxy) is 1. The molecule has 0 aliphatic heterocycles. The van der Waals surface area contributed by atoms with Crippen molar-refractivity contribution in [2.75, 3.05) is 13.4 Å². The van der Waals surface area contributed by atoms with Crippen LogP contribution >= 0.6 is 0 Å². The maximum absolute atomic E-state index is 11.8. The molecular formula is C11H19N3O3S. The molecule has 6 nitrogen and oxygen atoms in total. The minimum atomic E-state index is -3.29. The summed E-state index contributed by atoms with van der Waals surface area (Å²) < 4.78 is 27.7. The van der Waals surface area contributed by atoms with Crippen LogP contribution in [0.5, 0.6) is 5.75 Å². The molecule has 0 aromatic carbocycles. The number of nitrogens with two attached hydrogens (primary N) is 1. The third kappa shape index (κ3) is 2.80. The average molecular weight is 273 g/mol. The normalized spacial score (nSPS) is 14.3. The highest BCUT2D eigenvalue weighted by atomic mass is 32.2. The van der Waals surface area contributed by atoms with E-state index in [4.69, 9.17) is 10.6 Å². The summed E-state index contributed by atoms with van der Waals surface area (Å²) in [6.07, 6.45) is 4.30. The Hall–Kier alpha value is -1.18. The Bertz CT molecular complexity index is 514. The first-order chi connectivity index (χ1) is 8.24. The molecule has 1 heterocycles. The summed E-state index contributed by atoms with van der Waals surface area (Å²) in [5.74, 6) is 6.05. The fourth-order valence-corrected chi connectivity index (χ4v) is 2.25. The van der Waals surface area contributed by atoms with Gasteiger partial charge in [-0.05, 0) is 25.5 Å². The van der Waals surface area contributed by atoms with Gasteiger partial charge < -0.3 is 4.74 Å². The predicted molar refractivity (Wildman–Crippen MR) is 69.8 cm³/mol. The van der Waals surface area contributed by atoms with Gasteiger partial charge in [-0.15, -0.1) is 0 Å². The van der Waals surface area contributed by atoms with Crippen LogP contribution in [-0.2, 0) is 9.84 Å². The summed E-state index contributed by atoms with van der Waals surface area (Å²) >= 11 is 0. The number of hydrogen-bond donors (Lipinski definition) is 2. The van der Waals surface area contributed by atoms with Crippen LogP contribution in [0.25, 0.3) is 0 Å². The molecule has 1 atom stereocenters. The number of sulfone groups is 1. The van der Waals surface area contributed by atoms with Crippen LogP contribution in [0.15, 0.2) is 18.5 Å². The Morgan fingerprint density at radius 2 is 2.06 bits per heavy atom. The Morgan fingerprint density at radius 3 is 2.50 bits per heavy atom. The van der Waals surface area contributed by atoms with Crippen molar-refractivity contribution in [3.8, 4) is 5.75 Å². The van der Waals surface area contributed by atoms with Gasteiger partial charge in [0.15, 0.2) is 9.84 Å². The van der Waals surface area contributed by atoms with E-state index in [2.05, 4.69) is 10.4 Å². The van der Waals surface area contributed by atoms with E-state index < -0.39 is 20.6 Å². The van der Waals surface area contributed by atoms with Gasteiger partial charge in [0.2, 0.25) is 0 Å². The zero-order valence-corrected chi connectivity index (χ0v) is 11.8. The number of methoxy groups -OCH3 is 1. The van der Waals surface area contributed by atoms with E-state index in [1.165, 1.54) is 13.4 Å². The summed E-state index contributed by atoms with van der Waals surface area (Å²) in [6.45, 7) is 3.23. The van der Waals surface area contributed by atoms with Crippen molar-refractivity contribution < 1.29 is 13.2 Å². The van der Waals surface area contributed by atoms with E-state index >= 15 is 0 Å². The zero-order chi connectivity index (χ0) is 14.0. The van der Waals surface area contributed by atoms with Gasteiger partial charge in [0, 0.05) is 12.5 Å². The first-order valence-corrected chi connectivity index (χ1v) is 7.28. The van der Waals surface area contributed by atoms with Crippen LogP contribution in [0, 0.1) is 0 Å². The first kappa shape index (κ1) is 14.9. The molecule has 1 aromatic heterocycles. The van der Waals surface area contributed by atoms with Gasteiger partial charge in [-0.25, -0.2) is 8.42 Å². The highest BCUT2D eigenvalue weighted by Crippen LogP contribution is 2.32. The highest BCUT2D eigenvalue weighted by molar-refractivity contribution is 7.92. The number of pyridine rings is 1. The Balaban J connectivity index is 3.25. The van der Waals surface area contributed by atoms with Crippen LogP contribution in [0.2, 0.25) is 0 Å². The third-order valence-electron chi connectivity index (χ3n) is 3.12. The molecule has 0 fully saturated rings. The molecule has 0 aliphatic carbocycles. The standard InChI is InChI=1S/C11H19N3O3S/c1-11(2,18(4,15)16)10(14-12)8-5-9(17-3)7-13-6-8/h5-7,10,14H,12H2,1-4H3. The van der Waals surface area contributed by atoms with Gasteiger partial charge in [0.05, 0.1) is 24.1 Å². The zero-order valence-electron chi connectivity index (χ0n) is 11.0. The Kier molecular flexibility index (Phi) is 4.31. The molecule has 0 bridgehead atoms. The molecule has 1 rings (SSSR count). The van der Waals surface area contributed by atoms with Crippen molar-refractivity contribution in [1.29, 1.82) is 0 Å². The fourth-order valence-electron chi connectivity index (χ4n) is 1.62. The summed E-state index contributed by atoms with van der Waals surface area (Å²) in [5, 5.41) is 0. The van der Waals surface area contributed by atoms with E-state index in [-0.39, 0.29) is 0 Å². The average Bonchev–Trinajstić information content (AvgIpc) is 2.28. The summed E-state index contributed by atoms with van der Waals surface area (Å²) in [5.41, 5.74) is 3.20. The second-order valence-corrected chi connectivity index (χ2v) is 7.23. The van der Waals surface area contributed by atoms with Crippen LogP contribution in [0.1, 0.15) is 25.5 Å². The highest BCUT2D eigenvalue weighted by Gasteiger charge is 2.39. The quantitative estimate of drug-likeness (QED) is 0.596. The molecule has 102 valence electrons. The molecule has 7 heteroatoms. The molecule has 0 aliphatic rings. The van der Waals surface area contributed by atoms with Crippen molar-refractivity contribution in [2.45, 2.75) is 24.6 Å². The van der Waals surface area contributed by atoms with Crippen LogP contribution in [-0.4, -0.2) is 31.5 Å². The lowest BCUT2D eigenvalue weighted by atomic mass is 9.97. The van der Waals surface area contributed by atoms with Crippen molar-refractivity contribution in [1.82, 2.24) is 10.4 Å². The third-order valence-corrected chi connectivity index (χ3v) is 5.27. The SMILES string of the molecule is COc1cncc(C(NN)C(C)(C)S(C)(=O)=O)c1. The topological polar surface area (TPSA) is 94.3 Å². The van der Waals surface area contributed by atoms with Crippen molar-refractivity contribution in [3.63, 3.8) is 0 Å². The number of nitrogens with one attached hydrogen (secondary N) is 1. The van der Waals surface area contributed by atoms with Gasteiger partial charge >= 0.3 is 0 Å². The summed E-state index contributed by atoms with van der Waals surface area (Å²) in [4.78, 5) is 4.00. The molecule has 18 heavy (non-hydrogen) atoms. The van der Waals surface area contributed by atoms with Gasteiger partial charge in [0.25, 0.3) is 0 Å². The lowest BCUT2D eigenvalue weighted by Crippen LogP contribution is -2.47. The van der Waals surface area contributed by atoms with E-state index in [0.717, 1.165) is 0 Å². The maximum atomic E-state index is 11.8. The van der Waals surface area contributed by atoms with Gasteiger partial charge in [-0.3, -0.25) is 16.3 Å². The molecule has 3 N–H and O–H groups in total. The van der Waals surface area contributed by atoms with Gasteiger partial charge in [0.1, 0.15) is 5.75 Å². The second-order valence-electron chi connectivity index (χ2n) is 4.63. The first-order valence-electron chi connectivity index (χ1n) is 5.38. The van der Waals surface area contributed by atoms with Crippen LogP contribution in [0.4, 0.5) is 0 Å². The predicted octanol–water partition coefficient (Wildman–Crippen LogP) is 0.418. The van der Waals surface area contributed by atoms with Gasteiger partial charge in [-0.1, -0.05) is 0 Å². The maximum Gasteiger partial charge on any atom is 0.154 e. The largest absolute Gasteiger partial charge is 0.495 e. The summed E-state index contributed by atoms with van der Waals surface area (Å²) in [7, 11) is -1.77. The summed E-state index contributed by atoms with van der Waals surface area (Å²) in [6, 6.07) is 1.14. The van der Waals surface area contributed by atoms with Crippen LogP contribution < -0.4 is 16.0 Å². The fraction of sp³-hybridized carbons (Fsp3) is 0.545. The smallest absolute Gasteiger partial charge is 0.154 e. The molecule has 0 amide bonds. The van der Waals surface area contributed by atoms with Crippen molar-refractivity contribution in [2.24, 2.45) is 5.84 Å². The molecule has 0 saturated carbocycles. The number of rotatable bonds is 5. The lowest BCUT2D eigenvalue weighted by Gasteiger charge is -2.32. The number of aromatic nitrogens is 1. The van der Waals surface area contributed by atoms with Crippen molar-refractivity contribution >= 4 is 9.84 Å². The molecule has 1 aromatic rings. The van der Waals surface area contributed by atoms with Crippen LogP contribution in [0.3, 0.4) is 0 Å². The molecule has 1 unspecified atom stereocenters. The molecule has 0 spiro atoms. The van der Waals surface area contributed by atoms with E-state index in [1.54, 1.807) is 32.3 Å². The monoisotopic (exact) mass is 273 g/mol. The number of hydrazine groups is 1. The van der Waals surface area contributed by atoms with Crippen molar-refractivity contribution in [3.05, 3.63) is 24.0 Å².